The van der Waals surface area contributed by atoms with E-state index in [0.29, 0.717) is 0 Å². The van der Waals surface area contributed by atoms with Gasteiger partial charge in [0.25, 0.3) is 0 Å². The molecule has 0 aliphatic carbocycles. The molecule has 0 spiro atoms. The van der Waals surface area contributed by atoms with E-state index in [1.54, 1.807) is 7.11 Å². The molecule has 1 saturated heterocycles. The third-order valence-corrected chi connectivity index (χ3v) is 4.26. The molecule has 0 saturated carbocycles. The summed E-state index contributed by atoms with van der Waals surface area (Å²) in [5, 5.41) is 6.29. The highest BCUT2D eigenvalue weighted by atomic mass is 32.2. The van der Waals surface area contributed by atoms with E-state index in [0.717, 1.165) is 29.4 Å². The molecule has 1 amide bonds. The van der Waals surface area contributed by atoms with Gasteiger partial charge in [-0.05, 0) is 13.0 Å². The van der Waals surface area contributed by atoms with Gasteiger partial charge in [0.05, 0.1) is 19.2 Å². The van der Waals surface area contributed by atoms with Crippen LogP contribution in [-0.4, -0.2) is 37.1 Å². The summed E-state index contributed by atoms with van der Waals surface area (Å²) in [5.74, 6) is 2.78. The van der Waals surface area contributed by atoms with Gasteiger partial charge < -0.3 is 15.4 Å². The van der Waals surface area contributed by atoms with Crippen molar-refractivity contribution in [3.8, 4) is 5.75 Å². The molecule has 2 N–H and O–H groups in total. The van der Waals surface area contributed by atoms with Gasteiger partial charge in [-0.3, -0.25) is 4.79 Å². The van der Waals surface area contributed by atoms with Crippen molar-refractivity contribution in [3.63, 3.8) is 0 Å². The summed E-state index contributed by atoms with van der Waals surface area (Å²) in [6.45, 7) is 2.87. The van der Waals surface area contributed by atoms with Crippen LogP contribution in [0.5, 0.6) is 5.75 Å². The van der Waals surface area contributed by atoms with Crippen LogP contribution in [-0.2, 0) is 4.79 Å². The number of methoxy groups -OCH3 is 1. The van der Waals surface area contributed by atoms with Crippen LogP contribution < -0.4 is 15.4 Å². The average molecular weight is 280 g/mol. The largest absolute Gasteiger partial charge is 0.496 e. The number of hydrogen-bond acceptors (Lipinski definition) is 4. The predicted octanol–water partition coefficient (Wildman–Crippen LogP) is 1.58. The maximum absolute atomic E-state index is 12.2. The molecule has 19 heavy (non-hydrogen) atoms. The first-order valence-electron chi connectivity index (χ1n) is 6.47. The van der Waals surface area contributed by atoms with Crippen LogP contribution in [0.2, 0.25) is 0 Å². The van der Waals surface area contributed by atoms with Gasteiger partial charge >= 0.3 is 0 Å². The highest BCUT2D eigenvalue weighted by Crippen LogP contribution is 2.24. The lowest BCUT2D eigenvalue weighted by molar-refractivity contribution is -0.123. The topological polar surface area (TPSA) is 50.4 Å². The average Bonchev–Trinajstić information content (AvgIpc) is 2.48. The second-order valence-corrected chi connectivity index (χ2v) is 5.70. The summed E-state index contributed by atoms with van der Waals surface area (Å²) < 4.78 is 5.32. The highest BCUT2D eigenvalue weighted by molar-refractivity contribution is 7.99. The van der Waals surface area contributed by atoms with Crippen LogP contribution in [0.4, 0.5) is 0 Å². The molecule has 5 heteroatoms. The molecule has 1 heterocycles. The SMILES string of the molecule is COc1ccccc1[C@H](C)NC(=O)C1CSCCN1. The first-order chi connectivity index (χ1) is 9.22. The van der Waals surface area contributed by atoms with Crippen molar-refractivity contribution in [2.24, 2.45) is 0 Å². The summed E-state index contributed by atoms with van der Waals surface area (Å²) in [5.41, 5.74) is 1.00. The summed E-state index contributed by atoms with van der Waals surface area (Å²) in [4.78, 5) is 12.2. The van der Waals surface area contributed by atoms with E-state index >= 15 is 0 Å². The molecule has 0 aromatic heterocycles. The van der Waals surface area contributed by atoms with E-state index in [2.05, 4.69) is 10.6 Å². The molecule has 1 aromatic carbocycles. The summed E-state index contributed by atoms with van der Waals surface area (Å²) in [6.07, 6.45) is 0. The third-order valence-electron chi connectivity index (χ3n) is 3.20. The lowest BCUT2D eigenvalue weighted by Gasteiger charge is -2.25. The van der Waals surface area contributed by atoms with Crippen LogP contribution in [0, 0.1) is 0 Å². The van der Waals surface area contributed by atoms with E-state index in [-0.39, 0.29) is 18.0 Å². The second-order valence-electron chi connectivity index (χ2n) is 4.55. The monoisotopic (exact) mass is 280 g/mol. The molecular weight excluding hydrogens is 260 g/mol. The number of benzene rings is 1. The van der Waals surface area contributed by atoms with Gasteiger partial charge in [-0.25, -0.2) is 0 Å². The number of hydrogen-bond donors (Lipinski definition) is 2. The Morgan fingerprint density at radius 3 is 3.00 bits per heavy atom. The van der Waals surface area contributed by atoms with E-state index < -0.39 is 0 Å². The Morgan fingerprint density at radius 2 is 2.32 bits per heavy atom. The number of carbonyl (C=O) groups is 1. The number of amides is 1. The normalized spacial score (nSPS) is 20.6. The van der Waals surface area contributed by atoms with Crippen molar-refractivity contribution in [2.75, 3.05) is 25.2 Å². The maximum atomic E-state index is 12.2. The molecule has 0 bridgehead atoms. The number of para-hydroxylation sites is 1. The van der Waals surface area contributed by atoms with Crippen molar-refractivity contribution in [1.82, 2.24) is 10.6 Å². The lowest BCUT2D eigenvalue weighted by atomic mass is 10.1. The fraction of sp³-hybridized carbons (Fsp3) is 0.500. The predicted molar refractivity (Wildman–Crippen MR) is 78.7 cm³/mol. The Morgan fingerprint density at radius 1 is 1.53 bits per heavy atom. The molecule has 1 unspecified atom stereocenters. The van der Waals surface area contributed by atoms with Crippen molar-refractivity contribution < 1.29 is 9.53 Å². The zero-order valence-corrected chi connectivity index (χ0v) is 12.1. The molecule has 0 radical (unpaired) electrons. The Labute approximate surface area is 118 Å². The first kappa shape index (κ1) is 14.2. The molecule has 1 aliphatic rings. The summed E-state index contributed by atoms with van der Waals surface area (Å²) >= 11 is 1.81. The molecule has 2 atom stereocenters. The van der Waals surface area contributed by atoms with E-state index in [1.807, 2.05) is 43.0 Å². The molecule has 1 aromatic rings. The molecular formula is C14H20N2O2S. The van der Waals surface area contributed by atoms with E-state index in [4.69, 9.17) is 4.74 Å². The van der Waals surface area contributed by atoms with Crippen LogP contribution in [0.1, 0.15) is 18.5 Å². The Balaban J connectivity index is 1.99. The van der Waals surface area contributed by atoms with Crippen molar-refractivity contribution >= 4 is 17.7 Å². The van der Waals surface area contributed by atoms with Crippen LogP contribution in [0.15, 0.2) is 24.3 Å². The van der Waals surface area contributed by atoms with Crippen molar-refractivity contribution in [1.29, 1.82) is 0 Å². The van der Waals surface area contributed by atoms with Crippen LogP contribution in [0.25, 0.3) is 0 Å². The quantitative estimate of drug-likeness (QED) is 0.879. The van der Waals surface area contributed by atoms with Gasteiger partial charge in [-0.1, -0.05) is 18.2 Å². The number of thioether (sulfide) groups is 1. The lowest BCUT2D eigenvalue weighted by Crippen LogP contribution is -2.49. The van der Waals surface area contributed by atoms with E-state index in [9.17, 15) is 4.79 Å². The van der Waals surface area contributed by atoms with Crippen molar-refractivity contribution in [3.05, 3.63) is 29.8 Å². The fourth-order valence-electron chi connectivity index (χ4n) is 2.15. The fourth-order valence-corrected chi connectivity index (χ4v) is 3.08. The number of carbonyl (C=O) groups excluding carboxylic acids is 1. The molecule has 2 rings (SSSR count). The van der Waals surface area contributed by atoms with Gasteiger partial charge in [0.2, 0.25) is 5.91 Å². The summed E-state index contributed by atoms with van der Waals surface area (Å²) in [6, 6.07) is 7.62. The molecule has 1 aliphatic heterocycles. The Kier molecular flexibility index (Phi) is 5.10. The smallest absolute Gasteiger partial charge is 0.238 e. The maximum Gasteiger partial charge on any atom is 0.238 e. The zero-order chi connectivity index (χ0) is 13.7. The minimum Gasteiger partial charge on any atom is -0.496 e. The molecule has 4 nitrogen and oxygen atoms in total. The summed E-state index contributed by atoms with van der Waals surface area (Å²) in [7, 11) is 1.65. The molecule has 1 fully saturated rings. The van der Waals surface area contributed by atoms with Gasteiger partial charge in [0.15, 0.2) is 0 Å². The Bertz CT molecular complexity index is 433. The van der Waals surface area contributed by atoms with E-state index in [1.165, 1.54) is 0 Å². The third kappa shape index (κ3) is 3.64. The van der Waals surface area contributed by atoms with Gasteiger partial charge in [0.1, 0.15) is 5.75 Å². The Hall–Kier alpha value is -1.20. The highest BCUT2D eigenvalue weighted by Gasteiger charge is 2.23. The van der Waals surface area contributed by atoms with Crippen molar-refractivity contribution in [2.45, 2.75) is 19.0 Å². The van der Waals surface area contributed by atoms with Crippen LogP contribution >= 0.6 is 11.8 Å². The first-order valence-corrected chi connectivity index (χ1v) is 7.62. The minimum absolute atomic E-state index is 0.0580. The number of rotatable bonds is 4. The minimum atomic E-state index is -0.0871. The standard InChI is InChI=1S/C14H20N2O2S/c1-10(11-5-3-4-6-13(11)18-2)16-14(17)12-9-19-8-7-15-12/h3-6,10,12,15H,7-9H2,1-2H3,(H,16,17)/t10-,12?/m0/s1. The zero-order valence-electron chi connectivity index (χ0n) is 11.3. The number of ether oxygens (including phenoxy) is 1. The van der Waals surface area contributed by atoms with Crippen LogP contribution in [0.3, 0.4) is 0 Å². The van der Waals surface area contributed by atoms with Gasteiger partial charge in [0, 0.05) is 23.6 Å². The van der Waals surface area contributed by atoms with Gasteiger partial charge in [-0.15, -0.1) is 0 Å². The number of nitrogens with one attached hydrogen (secondary N) is 2. The molecule has 104 valence electrons. The second kappa shape index (κ2) is 6.82. The van der Waals surface area contributed by atoms with Gasteiger partial charge in [-0.2, -0.15) is 11.8 Å².